The van der Waals surface area contributed by atoms with Crippen LogP contribution < -0.4 is 0 Å². The SMILES string of the molecule is Cc1ccccc1-c1ccc(C2=NCC(=O)CC2)cc1F. The van der Waals surface area contributed by atoms with Gasteiger partial charge in [0, 0.05) is 17.7 Å². The quantitative estimate of drug-likeness (QED) is 0.819. The lowest BCUT2D eigenvalue weighted by molar-refractivity contribution is -0.117. The fourth-order valence-corrected chi connectivity index (χ4v) is 2.62. The summed E-state index contributed by atoms with van der Waals surface area (Å²) in [6.07, 6.45) is 1.10. The van der Waals surface area contributed by atoms with Gasteiger partial charge in [-0.05, 0) is 36.1 Å². The second-order valence-electron chi connectivity index (χ2n) is 5.31. The van der Waals surface area contributed by atoms with E-state index in [9.17, 15) is 9.18 Å². The highest BCUT2D eigenvalue weighted by molar-refractivity contribution is 6.05. The first kappa shape index (κ1) is 13.7. The van der Waals surface area contributed by atoms with Gasteiger partial charge in [0.05, 0.1) is 6.54 Å². The van der Waals surface area contributed by atoms with Crippen LogP contribution in [0.4, 0.5) is 4.39 Å². The minimum atomic E-state index is -0.249. The van der Waals surface area contributed by atoms with Gasteiger partial charge in [-0.15, -0.1) is 0 Å². The molecule has 2 aromatic rings. The van der Waals surface area contributed by atoms with Crippen molar-refractivity contribution in [2.75, 3.05) is 6.54 Å². The van der Waals surface area contributed by atoms with Gasteiger partial charge in [0.1, 0.15) is 5.82 Å². The van der Waals surface area contributed by atoms with Crippen LogP contribution in [0.5, 0.6) is 0 Å². The van der Waals surface area contributed by atoms with E-state index in [0.29, 0.717) is 18.4 Å². The summed E-state index contributed by atoms with van der Waals surface area (Å²) in [5.74, 6) is -0.0999. The molecule has 0 saturated heterocycles. The minimum Gasteiger partial charge on any atom is -0.298 e. The number of ketones is 1. The third-order valence-corrected chi connectivity index (χ3v) is 3.82. The molecule has 106 valence electrons. The van der Waals surface area contributed by atoms with E-state index in [-0.39, 0.29) is 18.1 Å². The maximum Gasteiger partial charge on any atom is 0.154 e. The fraction of sp³-hybridized carbons (Fsp3) is 0.222. The van der Waals surface area contributed by atoms with Gasteiger partial charge in [0.15, 0.2) is 5.78 Å². The molecule has 0 amide bonds. The molecule has 1 aliphatic rings. The van der Waals surface area contributed by atoms with Crippen molar-refractivity contribution in [2.45, 2.75) is 19.8 Å². The molecule has 1 aliphatic heterocycles. The molecular weight excluding hydrogens is 265 g/mol. The topological polar surface area (TPSA) is 29.4 Å². The van der Waals surface area contributed by atoms with E-state index in [2.05, 4.69) is 4.99 Å². The van der Waals surface area contributed by atoms with Gasteiger partial charge in [0.2, 0.25) is 0 Å². The number of carbonyl (C=O) groups excluding carboxylic acids is 1. The molecule has 2 nitrogen and oxygen atoms in total. The monoisotopic (exact) mass is 281 g/mol. The van der Waals surface area contributed by atoms with E-state index in [1.165, 1.54) is 6.07 Å². The minimum absolute atomic E-state index is 0.149. The Morgan fingerprint density at radius 3 is 2.52 bits per heavy atom. The molecule has 3 heteroatoms. The van der Waals surface area contributed by atoms with Gasteiger partial charge in [-0.3, -0.25) is 9.79 Å². The van der Waals surface area contributed by atoms with E-state index in [1.807, 2.05) is 37.3 Å². The normalized spacial score (nSPS) is 15.0. The number of halogens is 1. The van der Waals surface area contributed by atoms with Crippen molar-refractivity contribution in [3.63, 3.8) is 0 Å². The molecule has 0 aromatic heterocycles. The zero-order valence-corrected chi connectivity index (χ0v) is 11.9. The Morgan fingerprint density at radius 1 is 1.05 bits per heavy atom. The zero-order chi connectivity index (χ0) is 14.8. The predicted octanol–water partition coefficient (Wildman–Crippen LogP) is 3.95. The van der Waals surface area contributed by atoms with Crippen LogP contribution in [0.2, 0.25) is 0 Å². The predicted molar refractivity (Wildman–Crippen MR) is 82.2 cm³/mol. The van der Waals surface area contributed by atoms with Crippen molar-refractivity contribution in [1.29, 1.82) is 0 Å². The molecule has 0 atom stereocenters. The molecule has 2 aromatic carbocycles. The van der Waals surface area contributed by atoms with Crippen LogP contribution in [0.3, 0.4) is 0 Å². The van der Waals surface area contributed by atoms with Crippen LogP contribution in [-0.2, 0) is 4.79 Å². The fourth-order valence-electron chi connectivity index (χ4n) is 2.62. The summed E-state index contributed by atoms with van der Waals surface area (Å²) in [7, 11) is 0. The van der Waals surface area contributed by atoms with Gasteiger partial charge < -0.3 is 0 Å². The molecule has 0 spiro atoms. The first-order valence-electron chi connectivity index (χ1n) is 7.06. The van der Waals surface area contributed by atoms with Crippen LogP contribution >= 0.6 is 0 Å². The Hall–Kier alpha value is -2.29. The molecule has 21 heavy (non-hydrogen) atoms. The Kier molecular flexibility index (Phi) is 3.65. The number of hydrogen-bond acceptors (Lipinski definition) is 2. The van der Waals surface area contributed by atoms with Gasteiger partial charge in [0.25, 0.3) is 0 Å². The maximum absolute atomic E-state index is 14.4. The summed E-state index contributed by atoms with van der Waals surface area (Å²) in [5.41, 5.74) is 4.15. The molecule has 0 saturated carbocycles. The third kappa shape index (κ3) is 2.77. The van der Waals surface area contributed by atoms with E-state index in [4.69, 9.17) is 0 Å². The number of benzene rings is 2. The number of hydrogen-bond donors (Lipinski definition) is 0. The average molecular weight is 281 g/mol. The molecule has 0 fully saturated rings. The number of Topliss-reactive ketones (excluding diaryl/α,β-unsaturated/α-hetero) is 1. The third-order valence-electron chi connectivity index (χ3n) is 3.82. The van der Waals surface area contributed by atoms with Crippen molar-refractivity contribution >= 4 is 11.5 Å². The lowest BCUT2D eigenvalue weighted by Crippen LogP contribution is -2.16. The molecule has 0 bridgehead atoms. The maximum atomic E-state index is 14.4. The Bertz CT molecular complexity index is 734. The number of carbonyl (C=O) groups is 1. The molecule has 0 aliphatic carbocycles. The van der Waals surface area contributed by atoms with Crippen molar-refractivity contribution in [3.05, 3.63) is 59.4 Å². The average Bonchev–Trinajstić information content (AvgIpc) is 2.49. The molecule has 0 N–H and O–H groups in total. The van der Waals surface area contributed by atoms with Crippen LogP contribution in [0, 0.1) is 12.7 Å². The van der Waals surface area contributed by atoms with Gasteiger partial charge in [-0.25, -0.2) is 4.39 Å². The van der Waals surface area contributed by atoms with E-state index >= 15 is 0 Å². The van der Waals surface area contributed by atoms with Crippen molar-refractivity contribution in [1.82, 2.24) is 0 Å². The Balaban J connectivity index is 1.97. The number of aliphatic imine (C=N–C) groups is 1. The molecule has 0 unspecified atom stereocenters. The largest absolute Gasteiger partial charge is 0.298 e. The first-order valence-corrected chi connectivity index (χ1v) is 7.06. The standard InChI is InChI=1S/C18H16FNO/c1-12-4-2-3-5-15(12)16-8-6-13(10-17(16)19)18-9-7-14(21)11-20-18/h2-6,8,10H,7,9,11H2,1H3. The van der Waals surface area contributed by atoms with Gasteiger partial charge >= 0.3 is 0 Å². The Morgan fingerprint density at radius 2 is 1.86 bits per heavy atom. The highest BCUT2D eigenvalue weighted by atomic mass is 19.1. The van der Waals surface area contributed by atoms with E-state index in [1.54, 1.807) is 6.07 Å². The summed E-state index contributed by atoms with van der Waals surface area (Å²) >= 11 is 0. The van der Waals surface area contributed by atoms with E-state index in [0.717, 1.165) is 22.4 Å². The molecule has 3 rings (SSSR count). The number of rotatable bonds is 2. The van der Waals surface area contributed by atoms with Crippen molar-refractivity contribution in [3.8, 4) is 11.1 Å². The number of aryl methyl sites for hydroxylation is 1. The highest BCUT2D eigenvalue weighted by Gasteiger charge is 2.15. The molecule has 1 heterocycles. The number of nitrogens with zero attached hydrogens (tertiary/aromatic N) is 1. The van der Waals surface area contributed by atoms with Crippen LogP contribution in [0.1, 0.15) is 24.0 Å². The summed E-state index contributed by atoms with van der Waals surface area (Å²) < 4.78 is 14.4. The van der Waals surface area contributed by atoms with Crippen molar-refractivity contribution < 1.29 is 9.18 Å². The summed E-state index contributed by atoms with van der Waals surface area (Å²) in [5, 5.41) is 0. The Labute approximate surface area is 123 Å². The molecular formula is C18H16FNO. The van der Waals surface area contributed by atoms with Crippen LogP contribution in [-0.4, -0.2) is 18.0 Å². The van der Waals surface area contributed by atoms with Crippen LogP contribution in [0.15, 0.2) is 47.5 Å². The lowest BCUT2D eigenvalue weighted by atomic mass is 9.96. The first-order chi connectivity index (χ1) is 10.1. The second-order valence-corrected chi connectivity index (χ2v) is 5.31. The highest BCUT2D eigenvalue weighted by Crippen LogP contribution is 2.27. The van der Waals surface area contributed by atoms with Crippen LogP contribution in [0.25, 0.3) is 11.1 Å². The lowest BCUT2D eigenvalue weighted by Gasteiger charge is -2.13. The van der Waals surface area contributed by atoms with Crippen molar-refractivity contribution in [2.24, 2.45) is 4.99 Å². The van der Waals surface area contributed by atoms with Gasteiger partial charge in [-0.2, -0.15) is 0 Å². The van der Waals surface area contributed by atoms with E-state index < -0.39 is 0 Å². The zero-order valence-electron chi connectivity index (χ0n) is 11.9. The van der Waals surface area contributed by atoms with Gasteiger partial charge in [-0.1, -0.05) is 36.4 Å². The summed E-state index contributed by atoms with van der Waals surface area (Å²) in [4.78, 5) is 15.4. The summed E-state index contributed by atoms with van der Waals surface area (Å²) in [6.45, 7) is 2.19. The molecule has 0 radical (unpaired) electrons. The summed E-state index contributed by atoms with van der Waals surface area (Å²) in [6, 6.07) is 13.0. The second kappa shape index (κ2) is 5.60. The smallest absolute Gasteiger partial charge is 0.154 e.